The number of nitrogens with one attached hydrogen (secondary N) is 1. The van der Waals surface area contributed by atoms with Crippen LogP contribution in [0.1, 0.15) is 26.2 Å². The first-order valence-corrected chi connectivity index (χ1v) is 7.56. The summed E-state index contributed by atoms with van der Waals surface area (Å²) >= 11 is 7.95. The molecule has 94 valence electrons. The van der Waals surface area contributed by atoms with Crippen LogP contribution in [0.5, 0.6) is 0 Å². The summed E-state index contributed by atoms with van der Waals surface area (Å²) in [4.78, 5) is 0. The van der Waals surface area contributed by atoms with Crippen molar-refractivity contribution in [2.75, 3.05) is 16.8 Å². The SMILES string of the molecule is CCSC1CCCC1Nc1ccc(Cl)cc1N. The first kappa shape index (κ1) is 12.9. The van der Waals surface area contributed by atoms with Crippen molar-refractivity contribution in [3.05, 3.63) is 23.2 Å². The third-order valence-electron chi connectivity index (χ3n) is 3.19. The summed E-state index contributed by atoms with van der Waals surface area (Å²) in [7, 11) is 0. The molecular formula is C13H19ClN2S. The van der Waals surface area contributed by atoms with Crippen molar-refractivity contribution in [2.24, 2.45) is 0 Å². The number of benzene rings is 1. The lowest BCUT2D eigenvalue weighted by molar-refractivity contribution is 0.768. The van der Waals surface area contributed by atoms with Gasteiger partial charge in [-0.3, -0.25) is 0 Å². The van der Waals surface area contributed by atoms with Crippen LogP contribution in [-0.2, 0) is 0 Å². The van der Waals surface area contributed by atoms with Crippen LogP contribution >= 0.6 is 23.4 Å². The number of hydrogen-bond donors (Lipinski definition) is 2. The molecule has 0 amide bonds. The van der Waals surface area contributed by atoms with E-state index in [1.165, 1.54) is 25.0 Å². The van der Waals surface area contributed by atoms with Crippen LogP contribution in [0.15, 0.2) is 18.2 Å². The minimum atomic E-state index is 0.545. The lowest BCUT2D eigenvalue weighted by Crippen LogP contribution is -2.26. The van der Waals surface area contributed by atoms with E-state index in [2.05, 4.69) is 12.2 Å². The first-order chi connectivity index (χ1) is 8.20. The molecule has 1 aromatic carbocycles. The molecule has 4 heteroatoms. The standard InChI is InChI=1S/C13H19ClN2S/c1-2-17-13-5-3-4-12(13)16-11-7-6-9(14)8-10(11)15/h6-8,12-13,16H,2-5,15H2,1H3. The molecule has 1 saturated carbocycles. The molecule has 2 unspecified atom stereocenters. The van der Waals surface area contributed by atoms with Gasteiger partial charge in [-0.1, -0.05) is 24.9 Å². The smallest absolute Gasteiger partial charge is 0.0577 e. The summed E-state index contributed by atoms with van der Waals surface area (Å²) in [6.07, 6.45) is 3.85. The summed E-state index contributed by atoms with van der Waals surface area (Å²) in [6.45, 7) is 2.22. The lowest BCUT2D eigenvalue weighted by atomic mass is 10.2. The second kappa shape index (κ2) is 5.87. The first-order valence-electron chi connectivity index (χ1n) is 6.14. The van der Waals surface area contributed by atoms with E-state index in [9.17, 15) is 0 Å². The third kappa shape index (κ3) is 3.23. The van der Waals surface area contributed by atoms with Gasteiger partial charge in [-0.25, -0.2) is 0 Å². The molecule has 1 fully saturated rings. The Balaban J connectivity index is 2.04. The fourth-order valence-electron chi connectivity index (χ4n) is 2.37. The van der Waals surface area contributed by atoms with E-state index < -0.39 is 0 Å². The zero-order chi connectivity index (χ0) is 12.3. The Bertz CT molecular complexity index is 384. The fraction of sp³-hybridized carbons (Fsp3) is 0.538. The van der Waals surface area contributed by atoms with Crippen molar-refractivity contribution in [2.45, 2.75) is 37.5 Å². The van der Waals surface area contributed by atoms with E-state index in [-0.39, 0.29) is 0 Å². The third-order valence-corrected chi connectivity index (χ3v) is 4.75. The number of nitrogens with two attached hydrogens (primary N) is 1. The molecule has 0 aromatic heterocycles. The van der Waals surface area contributed by atoms with Crippen LogP contribution < -0.4 is 11.1 Å². The highest BCUT2D eigenvalue weighted by Gasteiger charge is 2.27. The van der Waals surface area contributed by atoms with Crippen LogP contribution in [0, 0.1) is 0 Å². The summed E-state index contributed by atoms with van der Waals surface area (Å²) in [5, 5.41) is 4.98. The Morgan fingerprint density at radius 1 is 1.47 bits per heavy atom. The molecule has 0 spiro atoms. The Hall–Kier alpha value is -0.540. The normalized spacial score (nSPS) is 23.9. The number of nitrogen functional groups attached to an aromatic ring is 1. The second-order valence-corrected chi connectivity index (χ2v) is 6.36. The summed E-state index contributed by atoms with van der Waals surface area (Å²) in [6, 6.07) is 6.21. The van der Waals surface area contributed by atoms with E-state index >= 15 is 0 Å². The van der Waals surface area contributed by atoms with E-state index in [4.69, 9.17) is 17.3 Å². The lowest BCUT2D eigenvalue weighted by Gasteiger charge is -2.22. The van der Waals surface area contributed by atoms with Gasteiger partial charge in [0.1, 0.15) is 0 Å². The Labute approximate surface area is 112 Å². The monoisotopic (exact) mass is 270 g/mol. The van der Waals surface area contributed by atoms with Gasteiger partial charge in [0.2, 0.25) is 0 Å². The molecule has 1 aliphatic rings. The van der Waals surface area contributed by atoms with E-state index in [1.54, 1.807) is 6.07 Å². The fourth-order valence-corrected chi connectivity index (χ4v) is 3.75. The van der Waals surface area contributed by atoms with Crippen molar-refractivity contribution in [1.82, 2.24) is 0 Å². The molecular weight excluding hydrogens is 252 g/mol. The van der Waals surface area contributed by atoms with Gasteiger partial charge in [-0.05, 0) is 36.8 Å². The Morgan fingerprint density at radius 3 is 3.00 bits per heavy atom. The van der Waals surface area contributed by atoms with E-state index in [1.807, 2.05) is 23.9 Å². The van der Waals surface area contributed by atoms with E-state index in [0.717, 1.165) is 16.6 Å². The van der Waals surface area contributed by atoms with Gasteiger partial charge < -0.3 is 11.1 Å². The average molecular weight is 271 g/mol. The highest BCUT2D eigenvalue weighted by Crippen LogP contribution is 2.33. The Kier molecular flexibility index (Phi) is 4.46. The quantitative estimate of drug-likeness (QED) is 0.812. The van der Waals surface area contributed by atoms with Crippen LogP contribution in [0.2, 0.25) is 5.02 Å². The maximum Gasteiger partial charge on any atom is 0.0577 e. The van der Waals surface area contributed by atoms with Crippen LogP contribution in [0.25, 0.3) is 0 Å². The van der Waals surface area contributed by atoms with Crippen LogP contribution in [0.3, 0.4) is 0 Å². The van der Waals surface area contributed by atoms with Gasteiger partial charge in [0.25, 0.3) is 0 Å². The van der Waals surface area contributed by atoms with Gasteiger partial charge in [-0.15, -0.1) is 0 Å². The highest BCUT2D eigenvalue weighted by atomic mass is 35.5. The second-order valence-electron chi connectivity index (χ2n) is 4.41. The molecule has 17 heavy (non-hydrogen) atoms. The van der Waals surface area contributed by atoms with Crippen molar-refractivity contribution in [1.29, 1.82) is 0 Å². The Morgan fingerprint density at radius 2 is 2.29 bits per heavy atom. The molecule has 0 aliphatic heterocycles. The molecule has 2 atom stereocenters. The number of hydrogen-bond acceptors (Lipinski definition) is 3. The molecule has 1 aromatic rings. The number of thioether (sulfide) groups is 1. The van der Waals surface area contributed by atoms with Crippen molar-refractivity contribution < 1.29 is 0 Å². The number of rotatable bonds is 4. The molecule has 0 bridgehead atoms. The van der Waals surface area contributed by atoms with Crippen LogP contribution in [0.4, 0.5) is 11.4 Å². The minimum absolute atomic E-state index is 0.545. The van der Waals surface area contributed by atoms with Crippen molar-refractivity contribution in [3.8, 4) is 0 Å². The van der Waals surface area contributed by atoms with Gasteiger partial charge >= 0.3 is 0 Å². The summed E-state index contributed by atoms with van der Waals surface area (Å²) in [5.74, 6) is 1.18. The average Bonchev–Trinajstić information content (AvgIpc) is 2.71. The van der Waals surface area contributed by atoms with Gasteiger partial charge in [-0.2, -0.15) is 11.8 Å². The van der Waals surface area contributed by atoms with Gasteiger partial charge in [0.15, 0.2) is 0 Å². The van der Waals surface area contributed by atoms with Gasteiger partial charge in [0, 0.05) is 16.3 Å². The zero-order valence-electron chi connectivity index (χ0n) is 10.1. The maximum atomic E-state index is 5.97. The molecule has 0 heterocycles. The van der Waals surface area contributed by atoms with Crippen molar-refractivity contribution >= 4 is 34.7 Å². The molecule has 0 radical (unpaired) electrons. The highest BCUT2D eigenvalue weighted by molar-refractivity contribution is 7.99. The van der Waals surface area contributed by atoms with Gasteiger partial charge in [0.05, 0.1) is 11.4 Å². The molecule has 0 saturated heterocycles. The zero-order valence-corrected chi connectivity index (χ0v) is 11.7. The van der Waals surface area contributed by atoms with E-state index in [0.29, 0.717) is 11.1 Å². The summed E-state index contributed by atoms with van der Waals surface area (Å²) < 4.78 is 0. The minimum Gasteiger partial charge on any atom is -0.397 e. The predicted octanol–water partition coefficient (Wildman–Crippen LogP) is 4.01. The predicted molar refractivity (Wildman–Crippen MR) is 79.0 cm³/mol. The molecule has 2 nitrogen and oxygen atoms in total. The molecule has 2 rings (SSSR count). The molecule has 1 aliphatic carbocycles. The maximum absolute atomic E-state index is 5.97. The molecule has 3 N–H and O–H groups in total. The summed E-state index contributed by atoms with van der Waals surface area (Å²) in [5.41, 5.74) is 7.72. The van der Waals surface area contributed by atoms with Crippen molar-refractivity contribution in [3.63, 3.8) is 0 Å². The number of halogens is 1. The van der Waals surface area contributed by atoms with Crippen LogP contribution in [-0.4, -0.2) is 17.0 Å². The largest absolute Gasteiger partial charge is 0.397 e. The number of anilines is 2. The topological polar surface area (TPSA) is 38.0 Å².